The first-order chi connectivity index (χ1) is 9.97. The molecule has 0 bridgehead atoms. The quantitative estimate of drug-likeness (QED) is 0.828. The molecule has 0 amide bonds. The van der Waals surface area contributed by atoms with Crippen LogP contribution in [-0.2, 0) is 0 Å². The third kappa shape index (κ3) is 4.48. The Morgan fingerprint density at radius 1 is 1.43 bits per heavy atom. The van der Waals surface area contributed by atoms with Gasteiger partial charge >= 0.3 is 0 Å². The lowest BCUT2D eigenvalue weighted by Gasteiger charge is -2.27. The van der Waals surface area contributed by atoms with Gasteiger partial charge in [0.2, 0.25) is 0 Å². The van der Waals surface area contributed by atoms with E-state index in [4.69, 9.17) is 5.73 Å². The van der Waals surface area contributed by atoms with Gasteiger partial charge in [-0.1, -0.05) is 18.2 Å². The van der Waals surface area contributed by atoms with E-state index in [1.807, 2.05) is 20.2 Å². The average Bonchev–Trinajstić information content (AvgIpc) is 2.75. The second-order valence-corrected chi connectivity index (χ2v) is 6.22. The van der Waals surface area contributed by atoms with E-state index >= 15 is 0 Å². The summed E-state index contributed by atoms with van der Waals surface area (Å²) in [6.45, 7) is 2.39. The molecule has 1 saturated heterocycles. The summed E-state index contributed by atoms with van der Waals surface area (Å²) < 4.78 is 13.7. The largest absolute Gasteiger partial charge is 0.392 e. The van der Waals surface area contributed by atoms with Crippen LogP contribution in [0.25, 0.3) is 0 Å². The van der Waals surface area contributed by atoms with E-state index in [9.17, 15) is 9.50 Å². The predicted octanol–water partition coefficient (Wildman–Crippen LogP) is 1.21. The monoisotopic (exact) mass is 295 g/mol. The molecule has 4 nitrogen and oxygen atoms in total. The van der Waals surface area contributed by atoms with Gasteiger partial charge in [0.1, 0.15) is 5.82 Å². The molecule has 0 aliphatic carbocycles. The molecule has 1 fully saturated rings. The number of aliphatic hydroxyl groups is 1. The first kappa shape index (κ1) is 16.4. The smallest absolute Gasteiger partial charge is 0.127 e. The van der Waals surface area contributed by atoms with E-state index in [0.29, 0.717) is 24.6 Å². The molecule has 0 spiro atoms. The minimum atomic E-state index is -0.302. The predicted molar refractivity (Wildman–Crippen MR) is 82.5 cm³/mol. The third-order valence-electron chi connectivity index (χ3n) is 4.11. The van der Waals surface area contributed by atoms with Gasteiger partial charge in [0.15, 0.2) is 0 Å². The molecule has 1 aliphatic rings. The molecule has 1 aliphatic heterocycles. The summed E-state index contributed by atoms with van der Waals surface area (Å²) in [5.41, 5.74) is 6.69. The van der Waals surface area contributed by atoms with Crippen molar-refractivity contribution < 1.29 is 9.50 Å². The number of likely N-dealkylation sites (tertiary alicyclic amines) is 1. The van der Waals surface area contributed by atoms with E-state index < -0.39 is 0 Å². The Hall–Kier alpha value is -1.01. The zero-order valence-corrected chi connectivity index (χ0v) is 12.9. The highest BCUT2D eigenvalue weighted by Gasteiger charge is 2.31. The fourth-order valence-corrected chi connectivity index (χ4v) is 3.08. The first-order valence-electron chi connectivity index (χ1n) is 7.54. The van der Waals surface area contributed by atoms with Crippen molar-refractivity contribution in [3.8, 4) is 0 Å². The van der Waals surface area contributed by atoms with E-state index in [0.717, 1.165) is 19.5 Å². The second kappa shape index (κ2) is 7.31. The van der Waals surface area contributed by atoms with Crippen LogP contribution in [0.5, 0.6) is 0 Å². The van der Waals surface area contributed by atoms with Crippen LogP contribution in [0.15, 0.2) is 24.3 Å². The molecule has 0 aromatic heterocycles. The molecular formula is C16H26FN3O. The van der Waals surface area contributed by atoms with Crippen LogP contribution in [0.3, 0.4) is 0 Å². The maximum atomic E-state index is 13.7. The Labute approximate surface area is 126 Å². The van der Waals surface area contributed by atoms with Gasteiger partial charge in [0.05, 0.1) is 6.10 Å². The van der Waals surface area contributed by atoms with Crippen LogP contribution < -0.4 is 5.73 Å². The summed E-state index contributed by atoms with van der Waals surface area (Å²) in [6, 6.07) is 6.73. The highest BCUT2D eigenvalue weighted by molar-refractivity contribution is 5.20. The number of rotatable bonds is 6. The van der Waals surface area contributed by atoms with Crippen LogP contribution in [0, 0.1) is 5.82 Å². The number of nitrogens with two attached hydrogens (primary N) is 1. The molecule has 1 aromatic carbocycles. The lowest BCUT2D eigenvalue weighted by Crippen LogP contribution is -2.38. The summed E-state index contributed by atoms with van der Waals surface area (Å²) in [7, 11) is 4.07. The van der Waals surface area contributed by atoms with Crippen LogP contribution in [-0.4, -0.2) is 60.8 Å². The minimum absolute atomic E-state index is 0.240. The molecule has 3 unspecified atom stereocenters. The third-order valence-corrected chi connectivity index (χ3v) is 4.11. The van der Waals surface area contributed by atoms with Gasteiger partial charge in [-0.2, -0.15) is 0 Å². The first-order valence-corrected chi connectivity index (χ1v) is 7.54. The normalized spacial score (nSPS) is 24.7. The van der Waals surface area contributed by atoms with Gasteiger partial charge in [0, 0.05) is 37.3 Å². The summed E-state index contributed by atoms with van der Waals surface area (Å²) in [6.07, 6.45) is 1.23. The highest BCUT2D eigenvalue weighted by atomic mass is 19.1. The van der Waals surface area contributed by atoms with Crippen molar-refractivity contribution in [3.05, 3.63) is 35.6 Å². The Balaban J connectivity index is 1.90. The van der Waals surface area contributed by atoms with Crippen LogP contribution in [0.2, 0.25) is 0 Å². The molecule has 3 N–H and O–H groups in total. The van der Waals surface area contributed by atoms with Crippen molar-refractivity contribution in [2.24, 2.45) is 5.73 Å². The standard InChI is InChI=1S/C16H26FN3O/c1-19(2)10-12-9-13(21)11-20(12)8-7-16(18)14-5-3-4-6-15(14)17/h3-6,12-13,16,21H,7-11,18H2,1-2H3. The van der Waals surface area contributed by atoms with Crippen molar-refractivity contribution in [1.29, 1.82) is 0 Å². The average molecular weight is 295 g/mol. The lowest BCUT2D eigenvalue weighted by atomic mass is 10.0. The number of nitrogens with zero attached hydrogens (tertiary/aromatic N) is 2. The summed E-state index contributed by atoms with van der Waals surface area (Å²) >= 11 is 0. The van der Waals surface area contributed by atoms with Crippen LogP contribution >= 0.6 is 0 Å². The van der Waals surface area contributed by atoms with Crippen molar-refractivity contribution in [2.75, 3.05) is 33.7 Å². The van der Waals surface area contributed by atoms with E-state index in [1.54, 1.807) is 12.1 Å². The molecule has 0 radical (unpaired) electrons. The molecule has 2 rings (SSSR count). The zero-order valence-electron chi connectivity index (χ0n) is 12.9. The molecule has 1 aromatic rings. The molecule has 1 heterocycles. The molecule has 5 heteroatoms. The van der Waals surface area contributed by atoms with E-state index in [-0.39, 0.29) is 18.0 Å². The van der Waals surface area contributed by atoms with Gasteiger partial charge in [-0.05, 0) is 33.0 Å². The van der Waals surface area contributed by atoms with Crippen LogP contribution in [0.1, 0.15) is 24.4 Å². The summed E-state index contributed by atoms with van der Waals surface area (Å²) in [5, 5.41) is 9.86. The van der Waals surface area contributed by atoms with Crippen molar-refractivity contribution in [2.45, 2.75) is 31.0 Å². The number of likely N-dealkylation sites (N-methyl/N-ethyl adjacent to an activating group) is 1. The van der Waals surface area contributed by atoms with Crippen molar-refractivity contribution in [3.63, 3.8) is 0 Å². The number of halogens is 1. The maximum Gasteiger partial charge on any atom is 0.127 e. The Morgan fingerprint density at radius 2 is 2.14 bits per heavy atom. The lowest BCUT2D eigenvalue weighted by molar-refractivity contribution is 0.170. The van der Waals surface area contributed by atoms with Gasteiger partial charge in [-0.3, -0.25) is 4.90 Å². The fourth-order valence-electron chi connectivity index (χ4n) is 3.08. The Kier molecular flexibility index (Phi) is 5.70. The van der Waals surface area contributed by atoms with Gasteiger partial charge < -0.3 is 15.7 Å². The van der Waals surface area contributed by atoms with Gasteiger partial charge in [-0.15, -0.1) is 0 Å². The highest BCUT2D eigenvalue weighted by Crippen LogP contribution is 2.22. The zero-order chi connectivity index (χ0) is 15.4. The number of β-amino-alcohol motifs (C(OH)–C–C–N with tert-alkyl or cyclic N) is 1. The number of hydrogen-bond acceptors (Lipinski definition) is 4. The second-order valence-electron chi connectivity index (χ2n) is 6.22. The maximum absolute atomic E-state index is 13.7. The number of aliphatic hydroxyl groups excluding tert-OH is 1. The summed E-state index contributed by atoms with van der Waals surface area (Å²) in [4.78, 5) is 4.40. The summed E-state index contributed by atoms with van der Waals surface area (Å²) in [5.74, 6) is -0.240. The molecule has 0 saturated carbocycles. The van der Waals surface area contributed by atoms with E-state index in [1.165, 1.54) is 6.07 Å². The molecule has 3 atom stereocenters. The Morgan fingerprint density at radius 3 is 2.81 bits per heavy atom. The van der Waals surface area contributed by atoms with Crippen LogP contribution in [0.4, 0.5) is 4.39 Å². The van der Waals surface area contributed by atoms with Gasteiger partial charge in [0.25, 0.3) is 0 Å². The van der Waals surface area contributed by atoms with Crippen molar-refractivity contribution in [1.82, 2.24) is 9.80 Å². The minimum Gasteiger partial charge on any atom is -0.392 e. The number of benzene rings is 1. The van der Waals surface area contributed by atoms with Crippen molar-refractivity contribution >= 4 is 0 Å². The molecular weight excluding hydrogens is 269 g/mol. The van der Waals surface area contributed by atoms with E-state index in [2.05, 4.69) is 9.80 Å². The fraction of sp³-hybridized carbons (Fsp3) is 0.625. The molecule has 118 valence electrons. The topological polar surface area (TPSA) is 52.7 Å². The SMILES string of the molecule is CN(C)CC1CC(O)CN1CCC(N)c1ccccc1F. The van der Waals surface area contributed by atoms with Gasteiger partial charge in [-0.25, -0.2) is 4.39 Å². The molecule has 21 heavy (non-hydrogen) atoms. The Bertz CT molecular complexity index is 455. The number of hydrogen-bond donors (Lipinski definition) is 2.